The smallest absolute Gasteiger partial charge is 0.387 e. The Morgan fingerprint density at radius 2 is 1.89 bits per heavy atom. The molecular formula is C35H43F2N3O12S. The van der Waals surface area contributed by atoms with Crippen LogP contribution < -0.4 is 14.2 Å². The molecule has 15 nitrogen and oxygen atoms in total. The molecule has 1 spiro atoms. The maximum absolute atomic E-state index is 12.6. The van der Waals surface area contributed by atoms with Crippen LogP contribution in [-0.4, -0.2) is 81.0 Å². The first kappa shape index (κ1) is 38.7. The quantitative estimate of drug-likeness (QED) is 0.184. The molecule has 1 aliphatic carbocycles. The second kappa shape index (κ2) is 15.8. The number of nitrogens with zero attached hydrogens (tertiary/aromatic N) is 2. The van der Waals surface area contributed by atoms with Crippen molar-refractivity contribution in [3.63, 3.8) is 0 Å². The molecular weight excluding hydrogens is 724 g/mol. The number of hydrogen-bond acceptors (Lipinski definition) is 13. The van der Waals surface area contributed by atoms with Gasteiger partial charge in [0.05, 0.1) is 60.3 Å². The minimum Gasteiger partial charge on any atom is -0.493 e. The summed E-state index contributed by atoms with van der Waals surface area (Å²) in [4.78, 5) is 45.8. The van der Waals surface area contributed by atoms with Gasteiger partial charge in [-0.3, -0.25) is 18.8 Å². The SMILES string of the molecule is COc1ccnc(CS(=O)c2nc3ccc(OC(F)F)cc3[nH]2)c1OC.C[C@H]1[C@H](OC(=O)CCC(=O)O)O[C@@H]2O[C@@]3(C)CC[C@H]4[C@H](C)CC[C@@H]1[C@@]24OO3. The average molecular weight is 768 g/mol. The number of fused-ring (bicyclic) bond motifs is 3. The number of rotatable bonds is 11. The van der Waals surface area contributed by atoms with Crippen LogP contribution in [0, 0.1) is 23.7 Å². The van der Waals surface area contributed by atoms with E-state index in [2.05, 4.69) is 26.6 Å². The van der Waals surface area contributed by atoms with Crippen LogP contribution in [0.2, 0.25) is 0 Å². The van der Waals surface area contributed by atoms with Crippen molar-refractivity contribution < 1.29 is 65.9 Å². The third-order valence-corrected chi connectivity index (χ3v) is 11.6. The molecule has 0 radical (unpaired) electrons. The first-order valence-electron chi connectivity index (χ1n) is 17.3. The van der Waals surface area contributed by atoms with Gasteiger partial charge < -0.3 is 38.5 Å². The maximum atomic E-state index is 12.6. The van der Waals surface area contributed by atoms with E-state index in [0.717, 1.165) is 19.3 Å². The van der Waals surface area contributed by atoms with Crippen LogP contribution in [0.1, 0.15) is 65.0 Å². The summed E-state index contributed by atoms with van der Waals surface area (Å²) in [6.45, 7) is 3.14. The molecule has 8 rings (SSSR count). The highest BCUT2D eigenvalue weighted by atomic mass is 32.2. The fourth-order valence-corrected chi connectivity index (χ4v) is 8.81. The van der Waals surface area contributed by atoms with Crippen molar-refractivity contribution in [2.45, 2.75) is 101 Å². The molecule has 3 aromatic rings. The van der Waals surface area contributed by atoms with Gasteiger partial charge >= 0.3 is 18.6 Å². The van der Waals surface area contributed by atoms with Crippen LogP contribution in [0.15, 0.2) is 35.6 Å². The minimum absolute atomic E-state index is 0.00962. The standard InChI is InChI=1S/C19H28O8.C16H15F2N3O4S/c1-10-4-5-13-11(2)16(23-15(22)7-6-14(20)21)24-17-19(13)12(10)8-9-18(3,25-17)26-27-19;1-23-13-5-6-19-12(14(13)24-2)8-26(22)16-20-10-4-3-9(25-15(17)18)7-11(10)21-16/h10-13,16-17H,4-9H2,1-3H3,(H,20,21);3-7,15H,8H2,1-2H3,(H,20,21)/t10-,11-,12+,13+,16-,17-,18-,19-;/m1./s1. The summed E-state index contributed by atoms with van der Waals surface area (Å²) in [5.41, 5.74) is 0.682. The number of halogens is 2. The third-order valence-electron chi connectivity index (χ3n) is 10.4. The van der Waals surface area contributed by atoms with Gasteiger partial charge in [-0.2, -0.15) is 8.78 Å². The normalized spacial score (nSPS) is 30.7. The highest BCUT2D eigenvalue weighted by Gasteiger charge is 2.69. The maximum Gasteiger partial charge on any atom is 0.387 e. The molecule has 4 saturated heterocycles. The molecule has 5 aliphatic rings. The molecule has 290 valence electrons. The van der Waals surface area contributed by atoms with Gasteiger partial charge in [0.2, 0.25) is 12.1 Å². The predicted octanol–water partition coefficient (Wildman–Crippen LogP) is 5.49. The van der Waals surface area contributed by atoms with Crippen LogP contribution in [0.25, 0.3) is 11.0 Å². The van der Waals surface area contributed by atoms with Crippen LogP contribution in [-0.2, 0) is 50.1 Å². The summed E-state index contributed by atoms with van der Waals surface area (Å²) in [5, 5.41) is 8.95. The largest absolute Gasteiger partial charge is 0.493 e. The number of esters is 1. The van der Waals surface area contributed by atoms with Gasteiger partial charge in [-0.15, -0.1) is 0 Å². The minimum atomic E-state index is -2.92. The average Bonchev–Trinajstić information content (AvgIpc) is 3.42. The third kappa shape index (κ3) is 7.97. The molecule has 18 heteroatoms. The van der Waals surface area contributed by atoms with E-state index >= 15 is 0 Å². The van der Waals surface area contributed by atoms with Crippen molar-refractivity contribution in [1.29, 1.82) is 0 Å². The summed E-state index contributed by atoms with van der Waals surface area (Å²) in [7, 11) is 1.41. The van der Waals surface area contributed by atoms with Gasteiger partial charge in [0.25, 0.3) is 0 Å². The Kier molecular flexibility index (Phi) is 11.5. The summed E-state index contributed by atoms with van der Waals surface area (Å²) in [5.74, 6) is -0.917. The molecule has 53 heavy (non-hydrogen) atoms. The van der Waals surface area contributed by atoms with Gasteiger partial charge in [-0.1, -0.05) is 13.8 Å². The zero-order chi connectivity index (χ0) is 38.1. The number of carboxylic acids is 1. The highest BCUT2D eigenvalue weighted by Crippen LogP contribution is 2.60. The number of carbonyl (C=O) groups excluding carboxylic acids is 1. The van der Waals surface area contributed by atoms with Gasteiger partial charge in [-0.25, -0.2) is 14.8 Å². The number of hydrogen-bond donors (Lipinski definition) is 2. The van der Waals surface area contributed by atoms with Crippen molar-refractivity contribution in [2.24, 2.45) is 23.7 Å². The lowest BCUT2D eigenvalue weighted by atomic mass is 9.58. The lowest BCUT2D eigenvalue weighted by Gasteiger charge is -2.59. The molecule has 2 N–H and O–H groups in total. The molecule has 1 aromatic carbocycles. The Bertz CT molecular complexity index is 1830. The molecule has 2 bridgehead atoms. The Labute approximate surface area is 306 Å². The second-order valence-corrected chi connectivity index (χ2v) is 15.1. The van der Waals surface area contributed by atoms with E-state index in [-0.39, 0.29) is 47.3 Å². The number of H-pyrrole nitrogens is 1. The van der Waals surface area contributed by atoms with Crippen molar-refractivity contribution >= 4 is 33.8 Å². The van der Waals surface area contributed by atoms with E-state index in [0.29, 0.717) is 40.6 Å². The number of benzene rings is 1. The molecule has 2 aromatic heterocycles. The number of aromatic nitrogens is 3. The van der Waals surface area contributed by atoms with Gasteiger partial charge in [-0.05, 0) is 50.2 Å². The summed E-state index contributed by atoms with van der Waals surface area (Å²) in [6.07, 6.45) is 3.25. The zero-order valence-electron chi connectivity index (χ0n) is 29.9. The fourth-order valence-electron chi connectivity index (χ4n) is 7.80. The number of ether oxygens (including phenoxy) is 6. The topological polar surface area (TPSA) is 187 Å². The number of imidazole rings is 1. The molecule has 1 unspecified atom stereocenters. The summed E-state index contributed by atoms with van der Waals surface area (Å²) < 4.78 is 69.9. The van der Waals surface area contributed by atoms with Gasteiger partial charge in [0.1, 0.15) is 5.75 Å². The molecule has 4 aliphatic heterocycles. The van der Waals surface area contributed by atoms with Crippen molar-refractivity contribution in [3.05, 3.63) is 36.2 Å². The lowest BCUT2D eigenvalue weighted by molar-refractivity contribution is -0.576. The number of aliphatic carboxylic acids is 1. The summed E-state index contributed by atoms with van der Waals surface area (Å²) >= 11 is 0. The van der Waals surface area contributed by atoms with Crippen molar-refractivity contribution in [1.82, 2.24) is 15.0 Å². The van der Waals surface area contributed by atoms with Crippen molar-refractivity contribution in [2.75, 3.05) is 14.2 Å². The van der Waals surface area contributed by atoms with Crippen LogP contribution in [0.5, 0.6) is 17.2 Å². The molecule has 0 amide bonds. The summed E-state index contributed by atoms with van der Waals surface area (Å²) in [6, 6.07) is 5.89. The second-order valence-electron chi connectivity index (χ2n) is 13.7. The lowest BCUT2D eigenvalue weighted by Crippen LogP contribution is -2.70. The Morgan fingerprint density at radius 3 is 2.60 bits per heavy atom. The highest BCUT2D eigenvalue weighted by molar-refractivity contribution is 7.84. The number of alkyl halides is 2. The van der Waals surface area contributed by atoms with E-state index in [4.69, 9.17) is 38.6 Å². The first-order chi connectivity index (χ1) is 25.3. The monoisotopic (exact) mass is 767 g/mol. The van der Waals surface area contributed by atoms with E-state index < -0.39 is 53.3 Å². The molecule has 5 fully saturated rings. The van der Waals surface area contributed by atoms with Crippen LogP contribution in [0.4, 0.5) is 8.78 Å². The van der Waals surface area contributed by atoms with Crippen molar-refractivity contribution in [3.8, 4) is 17.2 Å². The number of nitrogens with one attached hydrogen (secondary N) is 1. The van der Waals surface area contributed by atoms with Crippen LogP contribution in [0.3, 0.4) is 0 Å². The Morgan fingerprint density at radius 1 is 1.09 bits per heavy atom. The number of methoxy groups -OCH3 is 2. The molecule has 6 heterocycles. The first-order valence-corrected chi connectivity index (χ1v) is 18.6. The Hall–Kier alpha value is -3.97. The molecule has 9 atom stereocenters. The van der Waals surface area contributed by atoms with Gasteiger partial charge in [0.15, 0.2) is 28.5 Å². The van der Waals surface area contributed by atoms with E-state index in [1.165, 1.54) is 38.6 Å². The van der Waals surface area contributed by atoms with E-state index in [1.807, 2.05) is 13.8 Å². The predicted molar refractivity (Wildman–Crippen MR) is 180 cm³/mol. The number of carbonyl (C=O) groups is 2. The van der Waals surface area contributed by atoms with Crippen LogP contribution >= 0.6 is 0 Å². The van der Waals surface area contributed by atoms with E-state index in [1.54, 1.807) is 6.07 Å². The van der Waals surface area contributed by atoms with E-state index in [9.17, 15) is 22.6 Å². The number of aromatic amines is 1. The number of carboxylic acid groups (broad SMARTS) is 1. The van der Waals surface area contributed by atoms with Gasteiger partial charge in [0, 0.05) is 36.6 Å². The molecule has 1 saturated carbocycles. The number of pyridine rings is 1. The Balaban J connectivity index is 0.000000182. The fraction of sp³-hybridized carbons (Fsp3) is 0.600. The zero-order valence-corrected chi connectivity index (χ0v) is 30.7.